The highest BCUT2D eigenvalue weighted by atomic mass is 32.2. The normalized spacial score (nSPS) is 16.5. The van der Waals surface area contributed by atoms with Crippen molar-refractivity contribution < 1.29 is 8.42 Å². The highest BCUT2D eigenvalue weighted by Crippen LogP contribution is 2.29. The molecule has 1 aromatic carbocycles. The van der Waals surface area contributed by atoms with Crippen LogP contribution in [0.3, 0.4) is 0 Å². The Labute approximate surface area is 137 Å². The minimum absolute atomic E-state index is 0.0351. The fourth-order valence-corrected chi connectivity index (χ4v) is 4.80. The summed E-state index contributed by atoms with van der Waals surface area (Å²) < 4.78 is 26.1. The molecule has 0 spiro atoms. The van der Waals surface area contributed by atoms with E-state index in [-0.39, 0.29) is 11.7 Å². The van der Waals surface area contributed by atoms with Crippen LogP contribution in [0.4, 0.5) is 0 Å². The van der Waals surface area contributed by atoms with Crippen LogP contribution >= 0.6 is 11.3 Å². The first-order chi connectivity index (χ1) is 11.1. The standard InChI is InChI=1S/C15H14N4O2S2/c20-23(21,9-12-8-22-10-17-12)19-6-11(7-19)15-5-16-13-3-1-2-4-14(13)18-15/h1-5,8,10-11H,6-7,9H2. The maximum atomic E-state index is 12.3. The number of aromatic nitrogens is 3. The van der Waals surface area contributed by atoms with Gasteiger partial charge in [-0.25, -0.2) is 22.7 Å². The van der Waals surface area contributed by atoms with Gasteiger partial charge in [0.2, 0.25) is 10.0 Å². The predicted molar refractivity (Wildman–Crippen MR) is 88.6 cm³/mol. The first kappa shape index (κ1) is 14.7. The Balaban J connectivity index is 1.47. The van der Waals surface area contributed by atoms with Crippen LogP contribution in [0, 0.1) is 0 Å². The Kier molecular flexibility index (Phi) is 3.59. The van der Waals surface area contributed by atoms with Crippen molar-refractivity contribution >= 4 is 32.4 Å². The number of thiazole rings is 1. The van der Waals surface area contributed by atoms with Crippen molar-refractivity contribution in [3.8, 4) is 0 Å². The van der Waals surface area contributed by atoms with E-state index in [0.29, 0.717) is 18.8 Å². The highest BCUT2D eigenvalue weighted by Gasteiger charge is 2.37. The van der Waals surface area contributed by atoms with Gasteiger partial charge in [0.1, 0.15) is 5.75 Å². The monoisotopic (exact) mass is 346 g/mol. The lowest BCUT2D eigenvalue weighted by atomic mass is 10.00. The van der Waals surface area contributed by atoms with Gasteiger partial charge in [0.15, 0.2) is 0 Å². The van der Waals surface area contributed by atoms with E-state index in [1.165, 1.54) is 15.6 Å². The van der Waals surface area contributed by atoms with E-state index in [9.17, 15) is 8.42 Å². The molecule has 0 unspecified atom stereocenters. The van der Waals surface area contributed by atoms with Crippen molar-refractivity contribution in [1.29, 1.82) is 0 Å². The lowest BCUT2D eigenvalue weighted by molar-refractivity contribution is 0.260. The zero-order valence-corrected chi connectivity index (χ0v) is 13.8. The molecule has 0 atom stereocenters. The molecule has 1 saturated heterocycles. The van der Waals surface area contributed by atoms with E-state index < -0.39 is 10.0 Å². The Morgan fingerprint density at radius 1 is 1.17 bits per heavy atom. The molecule has 0 amide bonds. The fourth-order valence-electron chi connectivity index (χ4n) is 2.61. The molecule has 0 saturated carbocycles. The molecule has 1 aliphatic heterocycles. The number of hydrogen-bond donors (Lipinski definition) is 0. The van der Waals surface area contributed by atoms with Gasteiger partial charge in [0, 0.05) is 30.6 Å². The molecule has 1 aliphatic rings. The molecule has 8 heteroatoms. The molecule has 0 N–H and O–H groups in total. The molecule has 0 bridgehead atoms. The number of para-hydroxylation sites is 2. The van der Waals surface area contributed by atoms with Crippen molar-refractivity contribution in [2.75, 3.05) is 13.1 Å². The molecule has 0 radical (unpaired) electrons. The quantitative estimate of drug-likeness (QED) is 0.722. The van der Waals surface area contributed by atoms with Gasteiger partial charge in [-0.05, 0) is 12.1 Å². The molecule has 4 rings (SSSR count). The van der Waals surface area contributed by atoms with Crippen LogP contribution in [0.25, 0.3) is 11.0 Å². The lowest BCUT2D eigenvalue weighted by Gasteiger charge is -2.37. The molecule has 3 aromatic rings. The van der Waals surface area contributed by atoms with Crippen LogP contribution in [-0.2, 0) is 15.8 Å². The summed E-state index contributed by atoms with van der Waals surface area (Å²) in [5.41, 5.74) is 4.79. The molecule has 1 fully saturated rings. The summed E-state index contributed by atoms with van der Waals surface area (Å²) in [5, 5.41) is 1.77. The Morgan fingerprint density at radius 3 is 2.70 bits per heavy atom. The lowest BCUT2D eigenvalue weighted by Crippen LogP contribution is -2.49. The van der Waals surface area contributed by atoms with Gasteiger partial charge in [-0.3, -0.25) is 4.98 Å². The summed E-state index contributed by atoms with van der Waals surface area (Å²) in [5.74, 6) is 0.0735. The number of fused-ring (bicyclic) bond motifs is 1. The largest absolute Gasteiger partial charge is 0.253 e. The summed E-state index contributed by atoms with van der Waals surface area (Å²) in [4.78, 5) is 13.0. The molecule has 118 valence electrons. The van der Waals surface area contributed by atoms with Crippen LogP contribution in [0.5, 0.6) is 0 Å². The van der Waals surface area contributed by atoms with Crippen molar-refractivity contribution in [2.24, 2.45) is 0 Å². The maximum Gasteiger partial charge on any atom is 0.219 e. The van der Waals surface area contributed by atoms with Crippen molar-refractivity contribution in [2.45, 2.75) is 11.7 Å². The fraction of sp³-hybridized carbons (Fsp3) is 0.267. The van der Waals surface area contributed by atoms with Gasteiger partial charge < -0.3 is 0 Å². The van der Waals surface area contributed by atoms with E-state index in [2.05, 4.69) is 15.0 Å². The molecule has 3 heterocycles. The second-order valence-corrected chi connectivity index (χ2v) is 8.22. The summed E-state index contributed by atoms with van der Waals surface area (Å²) in [7, 11) is -3.30. The van der Waals surface area contributed by atoms with Crippen molar-refractivity contribution in [1.82, 2.24) is 19.3 Å². The van der Waals surface area contributed by atoms with E-state index in [1.54, 1.807) is 17.1 Å². The van der Waals surface area contributed by atoms with Gasteiger partial charge >= 0.3 is 0 Å². The van der Waals surface area contributed by atoms with Crippen LogP contribution < -0.4 is 0 Å². The minimum Gasteiger partial charge on any atom is -0.253 e. The van der Waals surface area contributed by atoms with Gasteiger partial charge in [-0.1, -0.05) is 12.1 Å². The van der Waals surface area contributed by atoms with Crippen LogP contribution in [0.15, 0.2) is 41.4 Å². The Hall–Kier alpha value is -1.90. The number of sulfonamides is 1. The van der Waals surface area contributed by atoms with Gasteiger partial charge in [-0.2, -0.15) is 0 Å². The third kappa shape index (κ3) is 2.85. The second-order valence-electron chi connectivity index (χ2n) is 5.53. The first-order valence-electron chi connectivity index (χ1n) is 7.18. The zero-order chi connectivity index (χ0) is 15.9. The van der Waals surface area contributed by atoms with Gasteiger partial charge in [-0.15, -0.1) is 11.3 Å². The average molecular weight is 346 g/mol. The molecular formula is C15H14N4O2S2. The van der Waals surface area contributed by atoms with Crippen molar-refractivity contribution in [3.05, 3.63) is 52.7 Å². The van der Waals surface area contributed by atoms with Crippen LogP contribution in [0.2, 0.25) is 0 Å². The zero-order valence-electron chi connectivity index (χ0n) is 12.2. The third-order valence-corrected chi connectivity index (χ3v) is 6.32. The number of nitrogens with zero attached hydrogens (tertiary/aromatic N) is 4. The minimum atomic E-state index is -3.30. The highest BCUT2D eigenvalue weighted by molar-refractivity contribution is 7.88. The van der Waals surface area contributed by atoms with E-state index in [4.69, 9.17) is 0 Å². The molecule has 0 aliphatic carbocycles. The average Bonchev–Trinajstić information content (AvgIpc) is 2.97. The van der Waals surface area contributed by atoms with Crippen LogP contribution in [0.1, 0.15) is 17.3 Å². The maximum absolute atomic E-state index is 12.3. The number of benzene rings is 1. The smallest absolute Gasteiger partial charge is 0.219 e. The summed E-state index contributed by atoms with van der Waals surface area (Å²) in [6.45, 7) is 0.916. The van der Waals surface area contributed by atoms with Crippen LogP contribution in [-0.4, -0.2) is 40.8 Å². The first-order valence-corrected chi connectivity index (χ1v) is 9.73. The molecule has 6 nitrogen and oxygen atoms in total. The Morgan fingerprint density at radius 2 is 1.96 bits per heavy atom. The third-order valence-electron chi connectivity index (χ3n) is 3.94. The molecule has 23 heavy (non-hydrogen) atoms. The van der Waals surface area contributed by atoms with Gasteiger partial charge in [0.05, 0.1) is 27.9 Å². The Bertz CT molecular complexity index is 935. The van der Waals surface area contributed by atoms with E-state index in [1.807, 2.05) is 24.3 Å². The van der Waals surface area contributed by atoms with E-state index >= 15 is 0 Å². The number of rotatable bonds is 4. The van der Waals surface area contributed by atoms with Crippen molar-refractivity contribution in [3.63, 3.8) is 0 Å². The predicted octanol–water partition coefficient (Wildman–Crippen LogP) is 2.02. The molecule has 2 aromatic heterocycles. The summed E-state index contributed by atoms with van der Waals surface area (Å²) in [6.07, 6.45) is 1.75. The summed E-state index contributed by atoms with van der Waals surface area (Å²) in [6, 6.07) is 7.68. The van der Waals surface area contributed by atoms with Gasteiger partial charge in [0.25, 0.3) is 0 Å². The van der Waals surface area contributed by atoms with E-state index in [0.717, 1.165) is 16.7 Å². The second kappa shape index (κ2) is 5.63. The topological polar surface area (TPSA) is 76.1 Å². The SMILES string of the molecule is O=S(=O)(Cc1cscn1)N1CC(c2cnc3ccccc3n2)C1. The molecular weight excluding hydrogens is 332 g/mol. The summed E-state index contributed by atoms with van der Waals surface area (Å²) >= 11 is 1.40. The number of hydrogen-bond acceptors (Lipinski definition) is 6.